The Bertz CT molecular complexity index is 620. The quantitative estimate of drug-likeness (QED) is 0.886. The summed E-state index contributed by atoms with van der Waals surface area (Å²) in [7, 11) is 0. The van der Waals surface area contributed by atoms with Gasteiger partial charge in [0.05, 0.1) is 5.56 Å². The highest BCUT2D eigenvalue weighted by atomic mass is 16.4. The lowest BCUT2D eigenvalue weighted by molar-refractivity contribution is 0.0696. The Kier molecular flexibility index (Phi) is 4.72. The van der Waals surface area contributed by atoms with Crippen LogP contribution in [0.3, 0.4) is 0 Å². The summed E-state index contributed by atoms with van der Waals surface area (Å²) < 4.78 is 0. The van der Waals surface area contributed by atoms with Gasteiger partial charge in [0.25, 0.3) is 5.91 Å². The Labute approximate surface area is 123 Å². The molecule has 108 valence electrons. The maximum atomic E-state index is 12.0. The van der Waals surface area contributed by atoms with E-state index < -0.39 is 5.97 Å². The minimum atomic E-state index is -1.00. The van der Waals surface area contributed by atoms with Gasteiger partial charge in [-0.3, -0.25) is 4.79 Å². The first-order valence-electron chi connectivity index (χ1n) is 6.74. The first-order valence-corrected chi connectivity index (χ1v) is 6.74. The highest BCUT2D eigenvalue weighted by molar-refractivity contribution is 5.95. The van der Waals surface area contributed by atoms with Crippen LogP contribution in [0.2, 0.25) is 0 Å². The number of nitrogens with one attached hydrogen (secondary N) is 1. The predicted molar refractivity (Wildman–Crippen MR) is 80.6 cm³/mol. The third-order valence-electron chi connectivity index (χ3n) is 3.33. The van der Waals surface area contributed by atoms with Gasteiger partial charge in [0.2, 0.25) is 0 Å². The second-order valence-electron chi connectivity index (χ2n) is 4.90. The number of carboxylic acids is 1. The van der Waals surface area contributed by atoms with E-state index in [1.54, 1.807) is 0 Å². The van der Waals surface area contributed by atoms with Crippen molar-refractivity contribution in [1.29, 1.82) is 0 Å². The number of carboxylic acid groups (broad SMARTS) is 1. The van der Waals surface area contributed by atoms with E-state index in [1.807, 2.05) is 37.3 Å². The Morgan fingerprint density at radius 3 is 2.14 bits per heavy atom. The van der Waals surface area contributed by atoms with Crippen LogP contribution in [-0.4, -0.2) is 23.5 Å². The summed E-state index contributed by atoms with van der Waals surface area (Å²) in [6, 6.07) is 15.8. The van der Waals surface area contributed by atoms with Crippen molar-refractivity contribution in [2.24, 2.45) is 0 Å². The summed E-state index contributed by atoms with van der Waals surface area (Å²) in [5.74, 6) is -0.983. The number of rotatable bonds is 5. The summed E-state index contributed by atoms with van der Waals surface area (Å²) in [5, 5.41) is 11.7. The fourth-order valence-electron chi connectivity index (χ4n) is 2.01. The van der Waals surface area contributed by atoms with Crippen molar-refractivity contribution in [1.82, 2.24) is 5.32 Å². The van der Waals surface area contributed by atoms with Crippen LogP contribution in [0.1, 0.15) is 39.1 Å². The third-order valence-corrected chi connectivity index (χ3v) is 3.33. The van der Waals surface area contributed by atoms with Gasteiger partial charge in [-0.25, -0.2) is 4.79 Å². The first kappa shape index (κ1) is 14.8. The number of amides is 1. The van der Waals surface area contributed by atoms with Crippen molar-refractivity contribution in [3.63, 3.8) is 0 Å². The van der Waals surface area contributed by atoms with Crippen molar-refractivity contribution < 1.29 is 14.7 Å². The molecule has 1 atom stereocenters. The lowest BCUT2D eigenvalue weighted by Gasteiger charge is -2.13. The van der Waals surface area contributed by atoms with Crippen LogP contribution in [0.15, 0.2) is 54.6 Å². The first-order chi connectivity index (χ1) is 10.1. The smallest absolute Gasteiger partial charge is 0.335 e. The molecule has 2 aromatic rings. The third kappa shape index (κ3) is 3.92. The van der Waals surface area contributed by atoms with Gasteiger partial charge in [-0.2, -0.15) is 0 Å². The molecule has 0 heterocycles. The molecule has 0 saturated carbocycles. The molecule has 0 aliphatic carbocycles. The maximum absolute atomic E-state index is 12.0. The Morgan fingerprint density at radius 1 is 1.00 bits per heavy atom. The Morgan fingerprint density at radius 2 is 1.57 bits per heavy atom. The average Bonchev–Trinajstić information content (AvgIpc) is 2.53. The van der Waals surface area contributed by atoms with Crippen LogP contribution >= 0.6 is 0 Å². The van der Waals surface area contributed by atoms with Gasteiger partial charge in [0.1, 0.15) is 0 Å². The zero-order valence-corrected chi connectivity index (χ0v) is 11.7. The molecule has 2 aromatic carbocycles. The van der Waals surface area contributed by atoms with Crippen molar-refractivity contribution in [2.75, 3.05) is 6.54 Å². The minimum Gasteiger partial charge on any atom is -0.478 e. The van der Waals surface area contributed by atoms with E-state index in [2.05, 4.69) is 5.32 Å². The largest absolute Gasteiger partial charge is 0.478 e. The van der Waals surface area contributed by atoms with Crippen LogP contribution in [0.4, 0.5) is 0 Å². The highest BCUT2D eigenvalue weighted by Crippen LogP contribution is 2.13. The summed E-state index contributed by atoms with van der Waals surface area (Å²) in [4.78, 5) is 22.8. The fraction of sp³-hybridized carbons (Fsp3) is 0.176. The molecule has 0 aliphatic rings. The molecule has 1 amide bonds. The molecule has 0 fully saturated rings. The highest BCUT2D eigenvalue weighted by Gasteiger charge is 2.10. The molecule has 0 aliphatic heterocycles. The van der Waals surface area contributed by atoms with E-state index in [0.717, 1.165) is 0 Å². The van der Waals surface area contributed by atoms with Crippen LogP contribution in [0.5, 0.6) is 0 Å². The van der Waals surface area contributed by atoms with E-state index in [9.17, 15) is 9.59 Å². The fourth-order valence-corrected chi connectivity index (χ4v) is 2.01. The zero-order valence-electron chi connectivity index (χ0n) is 11.7. The Balaban J connectivity index is 1.94. The number of hydrogen-bond donors (Lipinski definition) is 2. The second-order valence-corrected chi connectivity index (χ2v) is 4.90. The molecule has 0 radical (unpaired) electrons. The average molecular weight is 283 g/mol. The summed E-state index contributed by atoms with van der Waals surface area (Å²) in [5.41, 5.74) is 1.79. The predicted octanol–water partition coefficient (Wildman–Crippen LogP) is 2.92. The Hall–Kier alpha value is -2.62. The van der Waals surface area contributed by atoms with E-state index in [4.69, 9.17) is 5.11 Å². The molecule has 4 heteroatoms. The maximum Gasteiger partial charge on any atom is 0.335 e. The molecule has 1 unspecified atom stereocenters. The van der Waals surface area contributed by atoms with E-state index >= 15 is 0 Å². The molecular weight excluding hydrogens is 266 g/mol. The van der Waals surface area contributed by atoms with Crippen molar-refractivity contribution in [3.05, 3.63) is 71.3 Å². The number of hydrogen-bond acceptors (Lipinski definition) is 2. The number of carbonyl (C=O) groups is 2. The number of aromatic carboxylic acids is 1. The standard InChI is InChI=1S/C17H17NO3/c1-12(13-5-3-2-4-6-13)11-18-16(19)14-7-9-15(10-8-14)17(20)21/h2-10,12H,11H2,1H3,(H,18,19)(H,20,21). The SMILES string of the molecule is CC(CNC(=O)c1ccc(C(=O)O)cc1)c1ccccc1. The zero-order chi connectivity index (χ0) is 15.2. The summed E-state index contributed by atoms with van der Waals surface area (Å²) in [6.45, 7) is 2.58. The van der Waals surface area contributed by atoms with Gasteiger partial charge in [-0.05, 0) is 35.7 Å². The van der Waals surface area contributed by atoms with E-state index in [-0.39, 0.29) is 17.4 Å². The monoisotopic (exact) mass is 283 g/mol. The van der Waals surface area contributed by atoms with E-state index in [1.165, 1.54) is 29.8 Å². The molecule has 2 rings (SSSR count). The number of benzene rings is 2. The van der Waals surface area contributed by atoms with Crippen molar-refractivity contribution in [2.45, 2.75) is 12.8 Å². The van der Waals surface area contributed by atoms with Crippen molar-refractivity contribution in [3.8, 4) is 0 Å². The number of carbonyl (C=O) groups excluding carboxylic acids is 1. The second kappa shape index (κ2) is 6.70. The van der Waals surface area contributed by atoms with Crippen LogP contribution in [-0.2, 0) is 0 Å². The van der Waals surface area contributed by atoms with Gasteiger partial charge in [-0.15, -0.1) is 0 Å². The normalized spacial score (nSPS) is 11.7. The van der Waals surface area contributed by atoms with Crippen LogP contribution in [0.25, 0.3) is 0 Å². The van der Waals surface area contributed by atoms with Gasteiger partial charge in [0, 0.05) is 12.1 Å². The van der Waals surface area contributed by atoms with Crippen molar-refractivity contribution >= 4 is 11.9 Å². The lowest BCUT2D eigenvalue weighted by atomic mass is 10.0. The van der Waals surface area contributed by atoms with E-state index in [0.29, 0.717) is 12.1 Å². The van der Waals surface area contributed by atoms with Gasteiger partial charge < -0.3 is 10.4 Å². The molecular formula is C17H17NO3. The summed E-state index contributed by atoms with van der Waals surface area (Å²) >= 11 is 0. The van der Waals surface area contributed by atoms with Crippen LogP contribution in [0, 0.1) is 0 Å². The molecule has 2 N–H and O–H groups in total. The topological polar surface area (TPSA) is 66.4 Å². The molecule has 0 bridgehead atoms. The molecule has 4 nitrogen and oxygen atoms in total. The minimum absolute atomic E-state index is 0.171. The molecule has 0 aromatic heterocycles. The lowest BCUT2D eigenvalue weighted by Crippen LogP contribution is -2.27. The molecule has 0 saturated heterocycles. The summed E-state index contributed by atoms with van der Waals surface area (Å²) in [6.07, 6.45) is 0. The van der Waals surface area contributed by atoms with Crippen LogP contribution < -0.4 is 5.32 Å². The van der Waals surface area contributed by atoms with Gasteiger partial charge >= 0.3 is 5.97 Å². The molecule has 0 spiro atoms. The van der Waals surface area contributed by atoms with Gasteiger partial charge in [-0.1, -0.05) is 37.3 Å². The molecule has 21 heavy (non-hydrogen) atoms. The van der Waals surface area contributed by atoms with Gasteiger partial charge in [0.15, 0.2) is 0 Å².